The number of carbonyl (C=O) groups excluding carboxylic acids is 1. The lowest BCUT2D eigenvalue weighted by atomic mass is 10.1. The second-order valence-electron chi connectivity index (χ2n) is 4.04. The van der Waals surface area contributed by atoms with Gasteiger partial charge < -0.3 is 19.3 Å². The van der Waals surface area contributed by atoms with Crippen molar-refractivity contribution in [3.05, 3.63) is 29.3 Å². The largest absolute Gasteiger partial charge is 0.481 e. The molecule has 0 aliphatic carbocycles. The van der Waals surface area contributed by atoms with E-state index in [9.17, 15) is 9.59 Å². The molecule has 0 spiro atoms. The Labute approximate surface area is 115 Å². The predicted octanol–water partition coefficient (Wildman–Crippen LogP) is 1.84. The highest BCUT2D eigenvalue weighted by molar-refractivity contribution is 5.98. The van der Waals surface area contributed by atoms with E-state index >= 15 is 0 Å². The Morgan fingerprint density at radius 1 is 1.40 bits per heavy atom. The first-order chi connectivity index (χ1) is 9.61. The molecule has 1 heterocycles. The van der Waals surface area contributed by atoms with Gasteiger partial charge in [0.25, 0.3) is 0 Å². The average molecular weight is 278 g/mol. The van der Waals surface area contributed by atoms with Crippen LogP contribution in [0.2, 0.25) is 0 Å². The number of rotatable bonds is 5. The summed E-state index contributed by atoms with van der Waals surface area (Å²) in [4.78, 5) is 22.6. The smallest absolute Gasteiger partial charge is 0.334 e. The molecule has 2 rings (SSSR count). The van der Waals surface area contributed by atoms with Gasteiger partial charge in [0.1, 0.15) is 0 Å². The van der Waals surface area contributed by atoms with Crippen LogP contribution in [0.5, 0.6) is 11.5 Å². The van der Waals surface area contributed by atoms with Crippen molar-refractivity contribution < 1.29 is 28.9 Å². The van der Waals surface area contributed by atoms with Gasteiger partial charge in [0, 0.05) is 11.1 Å². The normalized spacial score (nSPS) is 13.2. The zero-order valence-electron chi connectivity index (χ0n) is 10.9. The van der Waals surface area contributed by atoms with Crippen LogP contribution in [-0.4, -0.2) is 30.4 Å². The Kier molecular flexibility index (Phi) is 4.24. The van der Waals surface area contributed by atoms with Crippen LogP contribution in [0.4, 0.5) is 0 Å². The Hall–Kier alpha value is -2.50. The third-order valence-corrected chi connectivity index (χ3v) is 2.64. The van der Waals surface area contributed by atoms with Gasteiger partial charge in [-0.25, -0.2) is 4.79 Å². The fraction of sp³-hybridized carbons (Fsp3) is 0.286. The molecule has 1 N–H and O–H groups in total. The van der Waals surface area contributed by atoms with Crippen LogP contribution >= 0.6 is 0 Å². The molecule has 106 valence electrons. The van der Waals surface area contributed by atoms with Crippen molar-refractivity contribution in [2.45, 2.75) is 13.3 Å². The maximum Gasteiger partial charge on any atom is 0.334 e. The predicted molar refractivity (Wildman–Crippen MR) is 69.4 cm³/mol. The quantitative estimate of drug-likeness (QED) is 0.653. The minimum absolute atomic E-state index is 0.0586. The van der Waals surface area contributed by atoms with Gasteiger partial charge in [-0.1, -0.05) is 12.1 Å². The van der Waals surface area contributed by atoms with E-state index in [0.717, 1.165) is 0 Å². The Bertz CT molecular complexity index is 561. The zero-order chi connectivity index (χ0) is 14.5. The van der Waals surface area contributed by atoms with E-state index in [1.807, 2.05) is 0 Å². The number of fused-ring (bicyclic) bond motifs is 1. The molecule has 1 aliphatic heterocycles. The van der Waals surface area contributed by atoms with Crippen molar-refractivity contribution in [3.63, 3.8) is 0 Å². The topological polar surface area (TPSA) is 82.1 Å². The van der Waals surface area contributed by atoms with Crippen LogP contribution in [0.3, 0.4) is 0 Å². The lowest BCUT2D eigenvalue weighted by Gasteiger charge is -2.06. The van der Waals surface area contributed by atoms with Gasteiger partial charge in [-0.05, 0) is 19.1 Å². The third-order valence-electron chi connectivity index (χ3n) is 2.64. The summed E-state index contributed by atoms with van der Waals surface area (Å²) in [5, 5.41) is 8.87. The minimum Gasteiger partial charge on any atom is -0.481 e. The molecule has 20 heavy (non-hydrogen) atoms. The van der Waals surface area contributed by atoms with E-state index < -0.39 is 18.4 Å². The van der Waals surface area contributed by atoms with Gasteiger partial charge in [0.05, 0.1) is 13.0 Å². The molecule has 0 radical (unpaired) electrons. The summed E-state index contributed by atoms with van der Waals surface area (Å²) in [7, 11) is 0. The molecule has 0 saturated heterocycles. The maximum atomic E-state index is 11.8. The van der Waals surface area contributed by atoms with Crippen LogP contribution in [0, 0.1) is 0 Å². The molecular weight excluding hydrogens is 264 g/mol. The molecule has 1 aromatic rings. The Morgan fingerprint density at radius 3 is 2.90 bits per heavy atom. The van der Waals surface area contributed by atoms with Gasteiger partial charge in [-0.3, -0.25) is 4.79 Å². The maximum absolute atomic E-state index is 11.8. The number of hydrogen-bond donors (Lipinski definition) is 1. The van der Waals surface area contributed by atoms with E-state index in [0.29, 0.717) is 17.1 Å². The van der Waals surface area contributed by atoms with Crippen LogP contribution in [0.15, 0.2) is 23.8 Å². The van der Waals surface area contributed by atoms with E-state index in [2.05, 4.69) is 0 Å². The molecule has 0 fully saturated rings. The summed E-state index contributed by atoms with van der Waals surface area (Å²) in [6.07, 6.45) is 1.04. The molecule has 0 aromatic heterocycles. The number of carboxylic acids is 1. The molecule has 6 nitrogen and oxygen atoms in total. The van der Waals surface area contributed by atoms with E-state index in [1.165, 1.54) is 6.08 Å². The first-order valence-electron chi connectivity index (χ1n) is 6.10. The van der Waals surface area contributed by atoms with Crippen LogP contribution in [0.25, 0.3) is 6.08 Å². The van der Waals surface area contributed by atoms with Crippen molar-refractivity contribution in [1.29, 1.82) is 0 Å². The zero-order valence-corrected chi connectivity index (χ0v) is 10.9. The van der Waals surface area contributed by atoms with E-state index in [1.54, 1.807) is 25.1 Å². The highest BCUT2D eigenvalue weighted by Gasteiger charge is 2.19. The van der Waals surface area contributed by atoms with Gasteiger partial charge in [-0.15, -0.1) is 0 Å². The van der Waals surface area contributed by atoms with Gasteiger partial charge in [0.2, 0.25) is 6.79 Å². The molecule has 0 atom stereocenters. The summed E-state index contributed by atoms with van der Waals surface area (Å²) >= 11 is 0. The van der Waals surface area contributed by atoms with E-state index in [4.69, 9.17) is 19.3 Å². The molecule has 0 saturated carbocycles. The first kappa shape index (κ1) is 13.9. The molecule has 1 aromatic carbocycles. The van der Waals surface area contributed by atoms with Crippen LogP contribution < -0.4 is 9.47 Å². The van der Waals surface area contributed by atoms with Crippen molar-refractivity contribution in [1.82, 2.24) is 0 Å². The van der Waals surface area contributed by atoms with Gasteiger partial charge in [-0.2, -0.15) is 0 Å². The Morgan fingerprint density at radius 2 is 2.20 bits per heavy atom. The van der Waals surface area contributed by atoms with Crippen LogP contribution in [0.1, 0.15) is 18.9 Å². The third kappa shape index (κ3) is 3.09. The molecular formula is C14H14O6. The fourth-order valence-corrected chi connectivity index (χ4v) is 1.82. The second kappa shape index (κ2) is 6.10. The number of carbonyl (C=O) groups is 2. The standard InChI is InChI=1S/C14H14O6/c1-2-18-14(17)10(7-12(15)16)6-9-4-3-5-11-13(9)20-8-19-11/h3-6H,2,7-8H2,1H3,(H,15,16). The van der Waals surface area contributed by atoms with Crippen molar-refractivity contribution in [2.24, 2.45) is 0 Å². The lowest BCUT2D eigenvalue weighted by Crippen LogP contribution is -2.11. The first-order valence-corrected chi connectivity index (χ1v) is 6.10. The molecule has 0 bridgehead atoms. The lowest BCUT2D eigenvalue weighted by molar-refractivity contribution is -0.142. The highest BCUT2D eigenvalue weighted by Crippen LogP contribution is 2.36. The molecule has 6 heteroatoms. The number of aliphatic carboxylic acids is 1. The summed E-state index contributed by atoms with van der Waals surface area (Å²) in [6.45, 7) is 1.95. The summed E-state index contributed by atoms with van der Waals surface area (Å²) < 4.78 is 15.4. The fourth-order valence-electron chi connectivity index (χ4n) is 1.82. The van der Waals surface area contributed by atoms with Crippen molar-refractivity contribution >= 4 is 18.0 Å². The number of para-hydroxylation sites is 1. The summed E-state index contributed by atoms with van der Waals surface area (Å²) in [5.41, 5.74) is 0.646. The van der Waals surface area contributed by atoms with Crippen LogP contribution in [-0.2, 0) is 14.3 Å². The molecule has 0 unspecified atom stereocenters. The molecule has 1 aliphatic rings. The van der Waals surface area contributed by atoms with Crippen molar-refractivity contribution in [2.75, 3.05) is 13.4 Å². The van der Waals surface area contributed by atoms with Crippen molar-refractivity contribution in [3.8, 4) is 11.5 Å². The number of benzene rings is 1. The average Bonchev–Trinajstić information content (AvgIpc) is 2.87. The number of ether oxygens (including phenoxy) is 3. The number of carboxylic acid groups (broad SMARTS) is 1. The monoisotopic (exact) mass is 278 g/mol. The summed E-state index contributed by atoms with van der Waals surface area (Å²) in [6, 6.07) is 5.19. The highest BCUT2D eigenvalue weighted by atomic mass is 16.7. The Balaban J connectivity index is 2.35. The second-order valence-corrected chi connectivity index (χ2v) is 4.04. The van der Waals surface area contributed by atoms with Gasteiger partial charge in [0.15, 0.2) is 11.5 Å². The number of esters is 1. The SMILES string of the molecule is CCOC(=O)C(=Cc1cccc2c1OCO2)CC(=O)O. The minimum atomic E-state index is -1.10. The van der Waals surface area contributed by atoms with E-state index in [-0.39, 0.29) is 19.0 Å². The number of hydrogen-bond acceptors (Lipinski definition) is 5. The summed E-state index contributed by atoms with van der Waals surface area (Å²) in [5.74, 6) is -0.683. The van der Waals surface area contributed by atoms with Gasteiger partial charge >= 0.3 is 11.9 Å². The molecule has 0 amide bonds.